The number of amides is 1. The number of hydrogen-bond donors (Lipinski definition) is 2. The lowest BCUT2D eigenvalue weighted by atomic mass is 10.0. The third kappa shape index (κ3) is 4.07. The van der Waals surface area contributed by atoms with Crippen LogP contribution < -0.4 is 5.32 Å². The Hall–Kier alpha value is -1.36. The van der Waals surface area contributed by atoms with Crippen LogP contribution in [-0.4, -0.2) is 33.4 Å². The molecule has 1 amide bonds. The number of aromatic nitrogens is 2. The highest BCUT2D eigenvalue weighted by Crippen LogP contribution is 2.17. The minimum atomic E-state index is -0.178. The van der Waals surface area contributed by atoms with Gasteiger partial charge in [-0.3, -0.25) is 9.48 Å². The molecule has 114 valence electrons. The Labute approximate surface area is 121 Å². The first-order valence-corrected chi connectivity index (χ1v) is 7.15. The quantitative estimate of drug-likeness (QED) is 0.868. The first kappa shape index (κ1) is 16.7. The van der Waals surface area contributed by atoms with E-state index in [-0.39, 0.29) is 30.0 Å². The molecule has 0 radical (unpaired) electrons. The molecule has 1 aromatic heterocycles. The third-order valence-corrected chi connectivity index (χ3v) is 3.32. The van der Waals surface area contributed by atoms with Crippen molar-refractivity contribution in [3.63, 3.8) is 0 Å². The molecule has 0 saturated carbocycles. The van der Waals surface area contributed by atoms with Gasteiger partial charge in [0.2, 0.25) is 0 Å². The molecule has 1 unspecified atom stereocenters. The van der Waals surface area contributed by atoms with Gasteiger partial charge in [0, 0.05) is 18.3 Å². The maximum Gasteiger partial charge on any atom is 0.272 e. The van der Waals surface area contributed by atoms with Gasteiger partial charge < -0.3 is 10.4 Å². The summed E-state index contributed by atoms with van der Waals surface area (Å²) >= 11 is 0. The number of aliphatic hydroxyl groups excluding tert-OH is 1. The van der Waals surface area contributed by atoms with Crippen molar-refractivity contribution in [2.75, 3.05) is 6.61 Å². The Morgan fingerprint density at radius 2 is 2.05 bits per heavy atom. The lowest BCUT2D eigenvalue weighted by Crippen LogP contribution is -2.39. The van der Waals surface area contributed by atoms with Gasteiger partial charge in [0.1, 0.15) is 5.69 Å². The van der Waals surface area contributed by atoms with Crippen molar-refractivity contribution < 1.29 is 9.90 Å². The van der Waals surface area contributed by atoms with E-state index in [1.807, 2.05) is 25.5 Å². The first-order chi connectivity index (χ1) is 9.16. The summed E-state index contributed by atoms with van der Waals surface area (Å²) in [5.41, 5.74) is 1.25. The van der Waals surface area contributed by atoms with Crippen LogP contribution in [0.3, 0.4) is 0 Å². The number of carbonyl (C=O) groups is 1. The van der Waals surface area contributed by atoms with Crippen LogP contribution in [0, 0.1) is 12.8 Å². The number of nitrogens with zero attached hydrogens (tertiary/aromatic N) is 2. The van der Waals surface area contributed by atoms with E-state index in [1.54, 1.807) is 6.07 Å². The summed E-state index contributed by atoms with van der Waals surface area (Å²) < 4.78 is 1.86. The molecule has 0 aliphatic carbocycles. The Bertz CT molecular complexity index is 458. The van der Waals surface area contributed by atoms with E-state index in [0.717, 1.165) is 5.69 Å². The molecule has 1 atom stereocenters. The van der Waals surface area contributed by atoms with E-state index in [0.29, 0.717) is 12.1 Å². The summed E-state index contributed by atoms with van der Waals surface area (Å²) in [5.74, 6) is 0.0974. The molecule has 0 aliphatic heterocycles. The highest BCUT2D eigenvalue weighted by molar-refractivity contribution is 5.92. The molecule has 0 saturated heterocycles. The van der Waals surface area contributed by atoms with Crippen molar-refractivity contribution in [3.05, 3.63) is 17.5 Å². The van der Waals surface area contributed by atoms with E-state index in [1.165, 1.54) is 0 Å². The predicted molar refractivity (Wildman–Crippen MR) is 79.8 cm³/mol. The molecule has 0 fully saturated rings. The van der Waals surface area contributed by atoms with Crippen LogP contribution in [0.4, 0.5) is 0 Å². The van der Waals surface area contributed by atoms with Gasteiger partial charge >= 0.3 is 0 Å². The zero-order valence-electron chi connectivity index (χ0n) is 13.4. The molecule has 2 N–H and O–H groups in total. The van der Waals surface area contributed by atoms with Crippen LogP contribution in [0.1, 0.15) is 57.2 Å². The summed E-state index contributed by atoms with van der Waals surface area (Å²) in [5, 5.41) is 16.4. The number of aliphatic hydroxyl groups is 1. The standard InChI is InChI=1S/C15H27N3O2/c1-10(2)12(7-8-19)16-14(20)13-9-11(3)18(17-13)15(4,5)6/h9-10,12,19H,7-8H2,1-6H3,(H,16,20). The number of rotatable bonds is 5. The van der Waals surface area contributed by atoms with Gasteiger partial charge in [0.15, 0.2) is 0 Å². The molecule has 1 rings (SSSR count). The minimum Gasteiger partial charge on any atom is -0.396 e. The Balaban J connectivity index is 2.88. The van der Waals surface area contributed by atoms with Gasteiger partial charge in [0.05, 0.1) is 5.54 Å². The van der Waals surface area contributed by atoms with Gasteiger partial charge in [-0.1, -0.05) is 13.8 Å². The fourth-order valence-corrected chi connectivity index (χ4v) is 2.22. The molecule has 0 spiro atoms. The maximum absolute atomic E-state index is 12.3. The van der Waals surface area contributed by atoms with Crippen molar-refractivity contribution in [2.45, 2.75) is 59.5 Å². The number of aryl methyl sites for hydroxylation is 1. The van der Waals surface area contributed by atoms with Crippen molar-refractivity contribution in [3.8, 4) is 0 Å². The average Bonchev–Trinajstić information content (AvgIpc) is 2.70. The normalized spacial score (nSPS) is 13.6. The first-order valence-electron chi connectivity index (χ1n) is 7.15. The minimum absolute atomic E-state index is 0.0346. The molecule has 1 heterocycles. The van der Waals surface area contributed by atoms with Crippen LogP contribution >= 0.6 is 0 Å². The molecule has 1 aromatic rings. The van der Waals surface area contributed by atoms with E-state index >= 15 is 0 Å². The second-order valence-corrected chi connectivity index (χ2v) is 6.59. The van der Waals surface area contributed by atoms with Gasteiger partial charge in [-0.05, 0) is 46.1 Å². The lowest BCUT2D eigenvalue weighted by molar-refractivity contribution is 0.0910. The van der Waals surface area contributed by atoms with Crippen molar-refractivity contribution in [1.29, 1.82) is 0 Å². The van der Waals surface area contributed by atoms with E-state index in [4.69, 9.17) is 5.11 Å². The van der Waals surface area contributed by atoms with Crippen LogP contribution in [-0.2, 0) is 5.54 Å². The maximum atomic E-state index is 12.3. The van der Waals surface area contributed by atoms with Crippen LogP contribution in [0.15, 0.2) is 6.07 Å². The Morgan fingerprint density at radius 3 is 2.45 bits per heavy atom. The monoisotopic (exact) mass is 281 g/mol. The molecular weight excluding hydrogens is 254 g/mol. The summed E-state index contributed by atoms with van der Waals surface area (Å²) in [7, 11) is 0. The topological polar surface area (TPSA) is 67.2 Å². The van der Waals surface area contributed by atoms with Gasteiger partial charge in [-0.2, -0.15) is 5.10 Å². The predicted octanol–water partition coefficient (Wildman–Crippen LogP) is 2.08. The number of nitrogens with one attached hydrogen (secondary N) is 1. The van der Waals surface area contributed by atoms with Crippen LogP contribution in [0.5, 0.6) is 0 Å². The largest absolute Gasteiger partial charge is 0.396 e. The molecule has 5 heteroatoms. The SMILES string of the molecule is Cc1cc(C(=O)NC(CCO)C(C)C)nn1C(C)(C)C. The highest BCUT2D eigenvalue weighted by atomic mass is 16.3. The Kier molecular flexibility index (Phi) is 5.34. The fraction of sp³-hybridized carbons (Fsp3) is 0.733. The molecular formula is C15H27N3O2. The summed E-state index contributed by atoms with van der Waals surface area (Å²) in [6.07, 6.45) is 0.558. The van der Waals surface area contributed by atoms with E-state index < -0.39 is 0 Å². The molecule has 0 bridgehead atoms. The lowest BCUT2D eigenvalue weighted by Gasteiger charge is -2.22. The van der Waals surface area contributed by atoms with Crippen molar-refractivity contribution in [1.82, 2.24) is 15.1 Å². The molecule has 0 aliphatic rings. The van der Waals surface area contributed by atoms with E-state index in [9.17, 15) is 4.79 Å². The van der Waals surface area contributed by atoms with Crippen LogP contribution in [0.2, 0.25) is 0 Å². The third-order valence-electron chi connectivity index (χ3n) is 3.32. The molecule has 0 aromatic carbocycles. The zero-order valence-corrected chi connectivity index (χ0v) is 13.4. The van der Waals surface area contributed by atoms with Gasteiger partial charge in [-0.25, -0.2) is 0 Å². The number of carbonyl (C=O) groups excluding carboxylic acids is 1. The zero-order chi connectivity index (χ0) is 15.5. The van der Waals surface area contributed by atoms with Gasteiger partial charge in [-0.15, -0.1) is 0 Å². The van der Waals surface area contributed by atoms with Crippen molar-refractivity contribution >= 4 is 5.91 Å². The Morgan fingerprint density at radius 1 is 1.45 bits per heavy atom. The van der Waals surface area contributed by atoms with E-state index in [2.05, 4.69) is 31.2 Å². The fourth-order valence-electron chi connectivity index (χ4n) is 2.22. The summed E-state index contributed by atoms with van der Waals surface area (Å²) in [6.45, 7) is 12.2. The molecule has 20 heavy (non-hydrogen) atoms. The second kappa shape index (κ2) is 6.39. The highest BCUT2D eigenvalue weighted by Gasteiger charge is 2.22. The van der Waals surface area contributed by atoms with Crippen LogP contribution in [0.25, 0.3) is 0 Å². The smallest absolute Gasteiger partial charge is 0.272 e. The second-order valence-electron chi connectivity index (χ2n) is 6.59. The van der Waals surface area contributed by atoms with Crippen molar-refractivity contribution in [2.24, 2.45) is 5.92 Å². The molecule has 5 nitrogen and oxygen atoms in total. The average molecular weight is 281 g/mol. The number of hydrogen-bond acceptors (Lipinski definition) is 3. The summed E-state index contributed by atoms with van der Waals surface area (Å²) in [4.78, 5) is 12.3. The summed E-state index contributed by atoms with van der Waals surface area (Å²) in [6, 6.07) is 1.77. The van der Waals surface area contributed by atoms with Gasteiger partial charge in [0.25, 0.3) is 5.91 Å².